The van der Waals surface area contributed by atoms with Gasteiger partial charge in [-0.05, 0) is 68.3 Å². The molecule has 206 valence electrons. The van der Waals surface area contributed by atoms with Crippen LogP contribution >= 0.6 is 11.3 Å². The van der Waals surface area contributed by atoms with Crippen LogP contribution in [-0.2, 0) is 9.53 Å². The van der Waals surface area contributed by atoms with Gasteiger partial charge in [0.25, 0.3) is 5.56 Å². The highest BCUT2D eigenvalue weighted by Crippen LogP contribution is 2.40. The van der Waals surface area contributed by atoms with E-state index in [9.17, 15) is 9.59 Å². The van der Waals surface area contributed by atoms with E-state index in [1.807, 2.05) is 54.6 Å². The van der Waals surface area contributed by atoms with Crippen LogP contribution in [0.25, 0.3) is 16.8 Å². The summed E-state index contributed by atoms with van der Waals surface area (Å²) in [5.74, 6) is 0.0896. The highest BCUT2D eigenvalue weighted by Gasteiger charge is 2.36. The van der Waals surface area contributed by atoms with Gasteiger partial charge in [0.1, 0.15) is 11.8 Å². The Labute approximate surface area is 237 Å². The predicted molar refractivity (Wildman–Crippen MR) is 161 cm³/mol. The number of hydrogen-bond acceptors (Lipinski definition) is 7. The number of methoxy groups -OCH3 is 1. The molecule has 0 radical (unpaired) electrons. The number of aromatic nitrogens is 1. The van der Waals surface area contributed by atoms with Crippen molar-refractivity contribution in [2.45, 2.75) is 33.7 Å². The average Bonchev–Trinajstić information content (AvgIpc) is 3.27. The highest BCUT2D eigenvalue weighted by molar-refractivity contribution is 7.07. The lowest BCUT2D eigenvalue weighted by Gasteiger charge is -2.27. The third-order valence-corrected chi connectivity index (χ3v) is 8.24. The van der Waals surface area contributed by atoms with E-state index in [0.29, 0.717) is 26.4 Å². The van der Waals surface area contributed by atoms with Gasteiger partial charge in [-0.1, -0.05) is 53.8 Å². The summed E-state index contributed by atoms with van der Waals surface area (Å²) in [5.41, 5.74) is 3.43. The normalized spacial score (nSPS) is 15.1. The summed E-state index contributed by atoms with van der Waals surface area (Å²) in [7, 11) is 1.60. The lowest BCUT2D eigenvalue weighted by atomic mass is 9.90. The van der Waals surface area contributed by atoms with Gasteiger partial charge in [-0.3, -0.25) is 9.36 Å². The maximum atomic E-state index is 14.1. The minimum absolute atomic E-state index is 0.211. The zero-order valence-electron chi connectivity index (χ0n) is 23.4. The molecule has 0 amide bonds. The van der Waals surface area contributed by atoms with Crippen molar-refractivity contribution in [2.75, 3.05) is 31.7 Å². The zero-order valence-corrected chi connectivity index (χ0v) is 24.2. The molecule has 0 spiro atoms. The minimum Gasteiger partial charge on any atom is -0.496 e. The summed E-state index contributed by atoms with van der Waals surface area (Å²) in [6.07, 6.45) is 1.89. The Hall–Kier alpha value is -4.17. The number of fused-ring (bicyclic) bond motifs is 2. The zero-order chi connectivity index (χ0) is 28.4. The number of nitrogens with zero attached hydrogens (tertiary/aromatic N) is 3. The first-order chi connectivity index (χ1) is 19.4. The van der Waals surface area contributed by atoms with Gasteiger partial charge in [0.05, 0.1) is 29.5 Å². The minimum atomic E-state index is -0.761. The van der Waals surface area contributed by atoms with Crippen molar-refractivity contribution in [3.05, 3.63) is 103 Å². The van der Waals surface area contributed by atoms with Crippen molar-refractivity contribution in [3.8, 4) is 5.75 Å². The van der Waals surface area contributed by atoms with Gasteiger partial charge in [0, 0.05) is 24.3 Å². The lowest BCUT2D eigenvalue weighted by molar-refractivity contribution is -0.139. The third-order valence-electron chi connectivity index (χ3n) is 7.26. The van der Waals surface area contributed by atoms with E-state index in [4.69, 9.17) is 14.5 Å². The lowest BCUT2D eigenvalue weighted by Crippen LogP contribution is -2.40. The maximum Gasteiger partial charge on any atom is 0.338 e. The number of allylic oxidation sites excluding steroid dienone is 1. The van der Waals surface area contributed by atoms with Crippen LogP contribution < -0.4 is 24.5 Å². The van der Waals surface area contributed by atoms with Gasteiger partial charge in [-0.25, -0.2) is 9.79 Å². The quantitative estimate of drug-likeness (QED) is 0.292. The van der Waals surface area contributed by atoms with E-state index in [1.54, 1.807) is 25.5 Å². The van der Waals surface area contributed by atoms with Crippen LogP contribution in [0, 0.1) is 0 Å². The molecule has 4 aromatic rings. The molecule has 0 fully saturated rings. The number of hydrogen-bond donors (Lipinski definition) is 0. The summed E-state index contributed by atoms with van der Waals surface area (Å²) in [5, 5.41) is 1.87. The Balaban J connectivity index is 1.75. The van der Waals surface area contributed by atoms with Crippen molar-refractivity contribution in [1.82, 2.24) is 4.57 Å². The highest BCUT2D eigenvalue weighted by atomic mass is 32.1. The second-order valence-electron chi connectivity index (χ2n) is 9.47. The molecule has 40 heavy (non-hydrogen) atoms. The van der Waals surface area contributed by atoms with Crippen LogP contribution in [0.4, 0.5) is 5.69 Å². The first-order valence-corrected chi connectivity index (χ1v) is 14.3. The van der Waals surface area contributed by atoms with Crippen molar-refractivity contribution in [2.24, 2.45) is 4.99 Å². The van der Waals surface area contributed by atoms with Crippen molar-refractivity contribution >= 4 is 39.8 Å². The fourth-order valence-corrected chi connectivity index (χ4v) is 6.37. The first-order valence-electron chi connectivity index (χ1n) is 13.5. The van der Waals surface area contributed by atoms with Crippen molar-refractivity contribution in [3.63, 3.8) is 0 Å². The molecule has 5 rings (SSSR count). The van der Waals surface area contributed by atoms with Crippen LogP contribution in [0.3, 0.4) is 0 Å². The van der Waals surface area contributed by atoms with E-state index >= 15 is 0 Å². The van der Waals surface area contributed by atoms with Gasteiger partial charge < -0.3 is 14.4 Å². The molecule has 1 unspecified atom stereocenters. The molecule has 1 atom stereocenters. The Morgan fingerprint density at radius 3 is 2.45 bits per heavy atom. The molecule has 0 saturated heterocycles. The van der Waals surface area contributed by atoms with E-state index in [-0.39, 0.29) is 12.2 Å². The second-order valence-corrected chi connectivity index (χ2v) is 10.5. The molecule has 2 heterocycles. The van der Waals surface area contributed by atoms with Crippen LogP contribution in [-0.4, -0.2) is 37.3 Å². The molecule has 1 aliphatic rings. The molecule has 1 aliphatic heterocycles. The Bertz CT molecular complexity index is 1780. The fraction of sp³-hybridized carbons (Fsp3) is 0.281. The van der Waals surface area contributed by atoms with Crippen LogP contribution in [0.15, 0.2) is 81.7 Å². The van der Waals surface area contributed by atoms with Gasteiger partial charge in [-0.2, -0.15) is 0 Å². The summed E-state index contributed by atoms with van der Waals surface area (Å²) < 4.78 is 13.4. The standard InChI is InChI=1S/C32H33N3O4S/c1-6-34(7-2)23-16-13-21(14-17-23)19-26-30(36)35-29(27(31(37)39-8-3)20(4)33-32(35)40-26)28-24-12-10-9-11-22(24)15-18-25(28)38-5/h9-19,29H,6-8H2,1-5H3. The summed E-state index contributed by atoms with van der Waals surface area (Å²) in [4.78, 5) is 35.0. The molecule has 0 aliphatic carbocycles. The average molecular weight is 556 g/mol. The molecule has 8 heteroatoms. The van der Waals surface area contributed by atoms with E-state index < -0.39 is 12.0 Å². The molecule has 0 bridgehead atoms. The first kappa shape index (κ1) is 27.4. The van der Waals surface area contributed by atoms with E-state index in [2.05, 4.69) is 30.9 Å². The molecule has 0 N–H and O–H groups in total. The Morgan fingerprint density at radius 1 is 1.05 bits per heavy atom. The molecule has 1 aromatic heterocycles. The fourth-order valence-electron chi connectivity index (χ4n) is 5.32. The molecular weight excluding hydrogens is 522 g/mol. The largest absolute Gasteiger partial charge is 0.496 e. The number of thiazole rings is 1. The third kappa shape index (κ3) is 4.84. The number of carbonyl (C=O) groups is 1. The molecule has 7 nitrogen and oxygen atoms in total. The van der Waals surface area contributed by atoms with Gasteiger partial charge in [-0.15, -0.1) is 0 Å². The summed E-state index contributed by atoms with van der Waals surface area (Å²) in [6, 6.07) is 19.2. The van der Waals surface area contributed by atoms with Gasteiger partial charge >= 0.3 is 5.97 Å². The molecule has 3 aromatic carbocycles. The second kappa shape index (κ2) is 11.5. The molecular formula is C32H33N3O4S. The van der Waals surface area contributed by atoms with Gasteiger partial charge in [0.2, 0.25) is 0 Å². The van der Waals surface area contributed by atoms with Crippen LogP contribution in [0.5, 0.6) is 5.75 Å². The maximum absolute atomic E-state index is 14.1. The number of benzene rings is 3. The van der Waals surface area contributed by atoms with Crippen molar-refractivity contribution in [1.29, 1.82) is 0 Å². The topological polar surface area (TPSA) is 73.1 Å². The number of rotatable bonds is 8. The Morgan fingerprint density at radius 2 is 1.77 bits per heavy atom. The van der Waals surface area contributed by atoms with E-state index in [1.165, 1.54) is 11.3 Å². The number of carbonyl (C=O) groups excluding carboxylic acids is 1. The smallest absolute Gasteiger partial charge is 0.338 e. The van der Waals surface area contributed by atoms with Gasteiger partial charge in [0.15, 0.2) is 4.80 Å². The number of esters is 1. The number of ether oxygens (including phenoxy) is 2. The van der Waals surface area contributed by atoms with Crippen molar-refractivity contribution < 1.29 is 14.3 Å². The van der Waals surface area contributed by atoms with Crippen LogP contribution in [0.1, 0.15) is 44.9 Å². The monoisotopic (exact) mass is 555 g/mol. The predicted octanol–water partition coefficient (Wildman–Crippen LogP) is 4.81. The molecule has 0 saturated carbocycles. The SMILES string of the molecule is CCOC(=O)C1=C(C)N=c2sc(=Cc3ccc(N(CC)CC)cc3)c(=O)n2C1c1c(OC)ccc2ccccc12. The Kier molecular flexibility index (Phi) is 7.89. The van der Waals surface area contributed by atoms with E-state index in [0.717, 1.165) is 40.7 Å². The summed E-state index contributed by atoms with van der Waals surface area (Å²) >= 11 is 1.32. The van der Waals surface area contributed by atoms with Crippen LogP contribution in [0.2, 0.25) is 0 Å². The summed E-state index contributed by atoms with van der Waals surface area (Å²) in [6.45, 7) is 9.88. The number of anilines is 1.